The molecule has 0 radical (unpaired) electrons. The van der Waals surface area contributed by atoms with E-state index in [4.69, 9.17) is 9.47 Å². The molecule has 0 bridgehead atoms. The molecule has 6 rings (SSSR count). The van der Waals surface area contributed by atoms with E-state index >= 15 is 0 Å². The Bertz CT molecular complexity index is 1560. The van der Waals surface area contributed by atoms with Gasteiger partial charge in [-0.05, 0) is 47.0 Å². The first-order valence-electron chi connectivity index (χ1n) is 12.5. The molecule has 0 aliphatic carbocycles. The molecule has 8 heteroatoms. The molecule has 3 heterocycles. The zero-order chi connectivity index (χ0) is 26.4. The van der Waals surface area contributed by atoms with Crippen LogP contribution in [0.2, 0.25) is 0 Å². The fourth-order valence-electron chi connectivity index (χ4n) is 5.71. The fraction of sp³-hybridized carbons (Fsp3) is 0.233. The average molecular weight is 510 g/mol. The van der Waals surface area contributed by atoms with Crippen LogP contribution in [0.5, 0.6) is 5.75 Å². The monoisotopic (exact) mass is 509 g/mol. The molecule has 2 aliphatic rings. The number of fused-ring (bicyclic) bond motifs is 4. The second-order valence-electron chi connectivity index (χ2n) is 9.65. The molecule has 192 valence electrons. The van der Waals surface area contributed by atoms with Crippen LogP contribution in [0.25, 0.3) is 10.9 Å². The van der Waals surface area contributed by atoms with E-state index in [1.54, 1.807) is 29.0 Å². The topological polar surface area (TPSA) is 91.9 Å². The highest BCUT2D eigenvalue weighted by atomic mass is 16.5. The van der Waals surface area contributed by atoms with Crippen LogP contribution in [-0.2, 0) is 27.3 Å². The number of esters is 1. The fourth-order valence-corrected chi connectivity index (χ4v) is 5.71. The van der Waals surface area contributed by atoms with Crippen LogP contribution in [0, 0.1) is 0 Å². The number of methoxy groups -OCH3 is 2. The number of ether oxygens (including phenoxy) is 2. The van der Waals surface area contributed by atoms with Gasteiger partial charge in [0.25, 0.3) is 0 Å². The van der Waals surface area contributed by atoms with Gasteiger partial charge in [0.15, 0.2) is 0 Å². The Morgan fingerprint density at radius 2 is 1.79 bits per heavy atom. The number of amides is 2. The Kier molecular flexibility index (Phi) is 5.87. The maximum Gasteiger partial charge on any atom is 0.337 e. The molecule has 8 nitrogen and oxygen atoms in total. The minimum absolute atomic E-state index is 0.0150. The number of hydrogen-bond donors (Lipinski definition) is 1. The zero-order valence-corrected chi connectivity index (χ0v) is 21.1. The maximum absolute atomic E-state index is 13.9. The molecule has 1 unspecified atom stereocenters. The van der Waals surface area contributed by atoms with Crippen LogP contribution in [-0.4, -0.2) is 59.4 Å². The summed E-state index contributed by atoms with van der Waals surface area (Å²) in [7, 11) is 2.94. The summed E-state index contributed by atoms with van der Waals surface area (Å²) in [4.78, 5) is 46.6. The SMILES string of the molecule is COC(=O)c1ccc(C2c3[nH]c4ccccc4c3C[C@H]3C(=O)N(Cc4cccc(OC)c4)CC(=O)N23)cc1. The molecule has 2 atom stereocenters. The van der Waals surface area contributed by atoms with Crippen LogP contribution in [0.15, 0.2) is 72.8 Å². The van der Waals surface area contributed by atoms with Gasteiger partial charge in [-0.15, -0.1) is 0 Å². The number of carbonyl (C=O) groups excluding carboxylic acids is 3. The standard InChI is InChI=1S/C30H27N3O5/c1-37-21-7-5-6-18(14-21)16-32-17-26(34)33-25(29(32)35)15-23-22-8-3-4-9-24(22)31-27(23)28(33)19-10-12-20(13-11-19)30(36)38-2/h3-14,25,28,31H,15-17H2,1-2H3/t25-,28?/m0/s1. The highest BCUT2D eigenvalue weighted by Gasteiger charge is 2.48. The molecular weight excluding hydrogens is 482 g/mol. The molecule has 0 saturated carbocycles. The van der Waals surface area contributed by atoms with Gasteiger partial charge in [-0.3, -0.25) is 9.59 Å². The number of carbonyl (C=O) groups is 3. The first kappa shape index (κ1) is 23.8. The van der Waals surface area contributed by atoms with E-state index in [2.05, 4.69) is 4.98 Å². The Labute approximate surface area is 219 Å². The van der Waals surface area contributed by atoms with Crippen LogP contribution in [0.1, 0.15) is 38.8 Å². The minimum Gasteiger partial charge on any atom is -0.497 e. The number of hydrogen-bond acceptors (Lipinski definition) is 5. The third kappa shape index (κ3) is 3.89. The van der Waals surface area contributed by atoms with Crippen LogP contribution < -0.4 is 4.74 Å². The number of H-pyrrole nitrogens is 1. The van der Waals surface area contributed by atoms with E-state index in [1.807, 2.05) is 60.7 Å². The van der Waals surface area contributed by atoms with Crippen molar-refractivity contribution in [1.82, 2.24) is 14.8 Å². The Balaban J connectivity index is 1.42. The molecule has 38 heavy (non-hydrogen) atoms. The summed E-state index contributed by atoms with van der Waals surface area (Å²) >= 11 is 0. The summed E-state index contributed by atoms with van der Waals surface area (Å²) in [5.74, 6) is 0.0710. The second-order valence-corrected chi connectivity index (χ2v) is 9.65. The van der Waals surface area contributed by atoms with Gasteiger partial charge in [0.05, 0.1) is 25.8 Å². The first-order valence-corrected chi connectivity index (χ1v) is 12.5. The predicted octanol–water partition coefficient (Wildman–Crippen LogP) is 3.85. The first-order chi connectivity index (χ1) is 18.5. The lowest BCUT2D eigenvalue weighted by atomic mass is 9.86. The van der Waals surface area contributed by atoms with Crippen molar-refractivity contribution in [3.63, 3.8) is 0 Å². The third-order valence-corrected chi connectivity index (χ3v) is 7.50. The molecule has 1 N–H and O–H groups in total. The van der Waals surface area contributed by atoms with Crippen molar-refractivity contribution >= 4 is 28.7 Å². The molecule has 1 saturated heterocycles. The molecule has 0 spiro atoms. The molecular formula is C30H27N3O5. The van der Waals surface area contributed by atoms with Crippen molar-refractivity contribution in [2.75, 3.05) is 20.8 Å². The van der Waals surface area contributed by atoms with Crippen molar-refractivity contribution in [1.29, 1.82) is 0 Å². The number of aromatic amines is 1. The molecule has 4 aromatic rings. The minimum atomic E-state index is -0.640. The van der Waals surface area contributed by atoms with Gasteiger partial charge in [-0.2, -0.15) is 0 Å². The van der Waals surface area contributed by atoms with Gasteiger partial charge in [0.2, 0.25) is 11.8 Å². The summed E-state index contributed by atoms with van der Waals surface area (Å²) < 4.78 is 10.2. The lowest BCUT2D eigenvalue weighted by Crippen LogP contribution is -2.62. The second kappa shape index (κ2) is 9.37. The van der Waals surface area contributed by atoms with E-state index in [0.717, 1.165) is 33.3 Å². The average Bonchev–Trinajstić information content (AvgIpc) is 3.33. The van der Waals surface area contributed by atoms with Crippen molar-refractivity contribution in [3.05, 3.63) is 101 Å². The molecule has 2 aliphatic heterocycles. The van der Waals surface area contributed by atoms with Crippen LogP contribution >= 0.6 is 0 Å². The normalized spacial score (nSPS) is 18.8. The summed E-state index contributed by atoms with van der Waals surface area (Å²) in [5, 5.41) is 1.04. The number of rotatable bonds is 5. The number of para-hydroxylation sites is 1. The summed E-state index contributed by atoms with van der Waals surface area (Å²) in [5.41, 5.74) is 5.03. The highest BCUT2D eigenvalue weighted by Crippen LogP contribution is 2.42. The van der Waals surface area contributed by atoms with Crippen molar-refractivity contribution in [2.45, 2.75) is 25.0 Å². The van der Waals surface area contributed by atoms with E-state index < -0.39 is 18.1 Å². The lowest BCUT2D eigenvalue weighted by Gasteiger charge is -2.47. The van der Waals surface area contributed by atoms with E-state index in [0.29, 0.717) is 24.3 Å². The van der Waals surface area contributed by atoms with E-state index in [1.165, 1.54) is 7.11 Å². The molecule has 1 aromatic heterocycles. The molecule has 2 amide bonds. The van der Waals surface area contributed by atoms with Crippen molar-refractivity contribution in [3.8, 4) is 5.75 Å². The third-order valence-electron chi connectivity index (χ3n) is 7.50. The van der Waals surface area contributed by atoms with Gasteiger partial charge in [0, 0.05) is 29.6 Å². The predicted molar refractivity (Wildman–Crippen MR) is 141 cm³/mol. The van der Waals surface area contributed by atoms with Gasteiger partial charge in [0.1, 0.15) is 18.3 Å². The van der Waals surface area contributed by atoms with Crippen LogP contribution in [0.4, 0.5) is 0 Å². The summed E-state index contributed by atoms with van der Waals surface area (Å²) in [6, 6.07) is 21.4. The summed E-state index contributed by atoms with van der Waals surface area (Å²) in [6.07, 6.45) is 0.426. The smallest absolute Gasteiger partial charge is 0.337 e. The van der Waals surface area contributed by atoms with Gasteiger partial charge < -0.3 is 24.3 Å². The van der Waals surface area contributed by atoms with Crippen LogP contribution in [0.3, 0.4) is 0 Å². The number of piperazine rings is 1. The number of nitrogens with zero attached hydrogens (tertiary/aromatic N) is 2. The lowest BCUT2D eigenvalue weighted by molar-refractivity contribution is -0.159. The van der Waals surface area contributed by atoms with E-state index in [-0.39, 0.29) is 18.4 Å². The number of benzene rings is 3. The van der Waals surface area contributed by atoms with E-state index in [9.17, 15) is 14.4 Å². The van der Waals surface area contributed by atoms with Gasteiger partial charge in [-0.25, -0.2) is 4.79 Å². The Hall–Kier alpha value is -4.59. The Morgan fingerprint density at radius 3 is 2.55 bits per heavy atom. The quantitative estimate of drug-likeness (QED) is 0.413. The molecule has 3 aromatic carbocycles. The zero-order valence-electron chi connectivity index (χ0n) is 21.1. The Morgan fingerprint density at radius 1 is 1.00 bits per heavy atom. The van der Waals surface area contributed by atoms with Crippen molar-refractivity contribution < 1.29 is 23.9 Å². The number of aromatic nitrogens is 1. The number of nitrogens with one attached hydrogen (secondary N) is 1. The largest absolute Gasteiger partial charge is 0.497 e. The summed E-state index contributed by atoms with van der Waals surface area (Å²) in [6.45, 7) is 0.310. The van der Waals surface area contributed by atoms with Gasteiger partial charge in [-0.1, -0.05) is 42.5 Å². The van der Waals surface area contributed by atoms with Gasteiger partial charge >= 0.3 is 5.97 Å². The molecule has 1 fully saturated rings. The maximum atomic E-state index is 13.9. The van der Waals surface area contributed by atoms with Crippen molar-refractivity contribution in [2.24, 2.45) is 0 Å². The highest BCUT2D eigenvalue weighted by molar-refractivity contribution is 5.97.